The van der Waals surface area contributed by atoms with Gasteiger partial charge in [-0.05, 0) is 12.1 Å². The molecule has 4 nitrogen and oxygen atoms in total. The second kappa shape index (κ2) is 8.01. The maximum absolute atomic E-state index is 12.4. The summed E-state index contributed by atoms with van der Waals surface area (Å²) in [7, 11) is 1.63. The minimum atomic E-state index is -0.504. The molecule has 0 aliphatic carbocycles. The molecular weight excluding hydrogens is 213 g/mol. The molecule has 1 heterocycles. The number of hydrogen-bond donors (Lipinski definition) is 0. The summed E-state index contributed by atoms with van der Waals surface area (Å²) >= 11 is 0. The first kappa shape index (κ1) is 12.9. The molecule has 0 fully saturated rings. The van der Waals surface area contributed by atoms with Crippen molar-refractivity contribution in [3.8, 4) is 5.75 Å². The van der Waals surface area contributed by atoms with Gasteiger partial charge < -0.3 is 14.2 Å². The Morgan fingerprint density at radius 1 is 1.19 bits per heavy atom. The number of ether oxygens (including phenoxy) is 3. The van der Waals surface area contributed by atoms with E-state index >= 15 is 0 Å². The van der Waals surface area contributed by atoms with Gasteiger partial charge in [0.1, 0.15) is 5.75 Å². The van der Waals surface area contributed by atoms with Crippen LogP contribution in [0.3, 0.4) is 0 Å². The van der Waals surface area contributed by atoms with Gasteiger partial charge in [0, 0.05) is 20.1 Å². The van der Waals surface area contributed by atoms with Crippen LogP contribution in [0, 0.1) is 5.95 Å². The van der Waals surface area contributed by atoms with Crippen molar-refractivity contribution >= 4 is 0 Å². The highest BCUT2D eigenvalue weighted by molar-refractivity contribution is 5.15. The molecule has 90 valence electrons. The smallest absolute Gasteiger partial charge is 0.213 e. The maximum Gasteiger partial charge on any atom is 0.213 e. The summed E-state index contributed by atoms with van der Waals surface area (Å²) in [4.78, 5) is 3.48. The van der Waals surface area contributed by atoms with Crippen molar-refractivity contribution in [2.45, 2.75) is 6.42 Å². The molecule has 0 bridgehead atoms. The van der Waals surface area contributed by atoms with Crippen molar-refractivity contribution in [1.29, 1.82) is 0 Å². The molecule has 0 N–H and O–H groups in total. The molecule has 0 amide bonds. The fourth-order valence-electron chi connectivity index (χ4n) is 1.04. The number of nitrogens with zero attached hydrogens (tertiary/aromatic N) is 1. The molecule has 5 heteroatoms. The molecule has 0 aliphatic rings. The molecule has 0 aromatic carbocycles. The van der Waals surface area contributed by atoms with Crippen LogP contribution in [0.25, 0.3) is 0 Å². The fraction of sp³-hybridized carbons (Fsp3) is 0.545. The molecule has 1 aromatic rings. The van der Waals surface area contributed by atoms with Crippen LogP contribution < -0.4 is 4.74 Å². The first-order chi connectivity index (χ1) is 7.83. The highest BCUT2D eigenvalue weighted by Crippen LogP contribution is 2.08. The number of methoxy groups -OCH3 is 1. The minimum Gasteiger partial charge on any atom is -0.492 e. The third-order valence-corrected chi connectivity index (χ3v) is 1.83. The highest BCUT2D eigenvalue weighted by atomic mass is 19.1. The Balaban J connectivity index is 2.01. The third-order valence-electron chi connectivity index (χ3n) is 1.83. The van der Waals surface area contributed by atoms with Gasteiger partial charge in [0.15, 0.2) is 0 Å². The van der Waals surface area contributed by atoms with Gasteiger partial charge in [-0.1, -0.05) is 0 Å². The van der Waals surface area contributed by atoms with Crippen LogP contribution in [-0.2, 0) is 9.47 Å². The van der Waals surface area contributed by atoms with Crippen molar-refractivity contribution in [1.82, 2.24) is 4.98 Å². The lowest BCUT2D eigenvalue weighted by Crippen LogP contribution is -2.06. The van der Waals surface area contributed by atoms with E-state index in [9.17, 15) is 4.39 Å². The average Bonchev–Trinajstić information content (AvgIpc) is 2.30. The van der Waals surface area contributed by atoms with E-state index in [4.69, 9.17) is 14.2 Å². The summed E-state index contributed by atoms with van der Waals surface area (Å²) in [5.41, 5.74) is 0. The van der Waals surface area contributed by atoms with Gasteiger partial charge in [-0.15, -0.1) is 0 Å². The molecule has 0 aliphatic heterocycles. The molecule has 0 spiro atoms. The molecule has 0 saturated heterocycles. The fourth-order valence-corrected chi connectivity index (χ4v) is 1.04. The molecule has 0 unspecified atom stereocenters. The summed E-state index contributed by atoms with van der Waals surface area (Å²) in [6.45, 7) is 2.34. The summed E-state index contributed by atoms with van der Waals surface area (Å²) in [6, 6.07) is 2.82. The third kappa shape index (κ3) is 5.63. The Kier molecular flexibility index (Phi) is 6.44. The lowest BCUT2D eigenvalue weighted by molar-refractivity contribution is 0.0644. The Morgan fingerprint density at radius 3 is 2.75 bits per heavy atom. The van der Waals surface area contributed by atoms with Crippen LogP contribution in [0.5, 0.6) is 5.75 Å². The summed E-state index contributed by atoms with van der Waals surface area (Å²) in [6.07, 6.45) is 2.14. The molecule has 0 saturated carbocycles. The van der Waals surface area contributed by atoms with E-state index in [1.165, 1.54) is 12.3 Å². The Labute approximate surface area is 94.3 Å². The van der Waals surface area contributed by atoms with Crippen molar-refractivity contribution in [2.24, 2.45) is 0 Å². The van der Waals surface area contributed by atoms with Gasteiger partial charge in [0.25, 0.3) is 0 Å². The van der Waals surface area contributed by atoms with Crippen molar-refractivity contribution < 1.29 is 18.6 Å². The standard InChI is InChI=1S/C11H16FNO3/c1-14-7-8-15-5-2-6-16-10-3-4-11(12)13-9-10/h3-4,9H,2,5-8H2,1H3. The van der Waals surface area contributed by atoms with Crippen LogP contribution in [0.1, 0.15) is 6.42 Å². The van der Waals surface area contributed by atoms with Gasteiger partial charge in [-0.25, -0.2) is 4.98 Å². The minimum absolute atomic E-state index is 0.504. The highest BCUT2D eigenvalue weighted by Gasteiger charge is 1.95. The Morgan fingerprint density at radius 2 is 2.06 bits per heavy atom. The molecule has 16 heavy (non-hydrogen) atoms. The van der Waals surface area contributed by atoms with E-state index in [0.29, 0.717) is 32.2 Å². The number of hydrogen-bond acceptors (Lipinski definition) is 4. The maximum atomic E-state index is 12.4. The second-order valence-corrected chi connectivity index (χ2v) is 3.12. The van der Waals surface area contributed by atoms with E-state index in [1.54, 1.807) is 13.2 Å². The molecule has 1 aromatic heterocycles. The van der Waals surface area contributed by atoms with Gasteiger partial charge >= 0.3 is 0 Å². The van der Waals surface area contributed by atoms with Crippen molar-refractivity contribution in [3.05, 3.63) is 24.3 Å². The zero-order chi connectivity index (χ0) is 11.6. The van der Waals surface area contributed by atoms with Crippen molar-refractivity contribution in [2.75, 3.05) is 33.5 Å². The van der Waals surface area contributed by atoms with E-state index < -0.39 is 5.95 Å². The van der Waals surface area contributed by atoms with Crippen LogP contribution in [0.4, 0.5) is 4.39 Å². The average molecular weight is 229 g/mol. The van der Waals surface area contributed by atoms with E-state index in [1.807, 2.05) is 0 Å². The molecule has 1 rings (SSSR count). The van der Waals surface area contributed by atoms with Crippen LogP contribution in [-0.4, -0.2) is 38.5 Å². The van der Waals surface area contributed by atoms with Gasteiger partial charge in [0.2, 0.25) is 5.95 Å². The lowest BCUT2D eigenvalue weighted by Gasteiger charge is -2.06. The number of rotatable bonds is 8. The van der Waals surface area contributed by atoms with E-state index in [0.717, 1.165) is 6.42 Å². The molecule has 0 atom stereocenters. The Bertz CT molecular complexity index is 279. The predicted octanol–water partition coefficient (Wildman–Crippen LogP) is 1.65. The van der Waals surface area contributed by atoms with Gasteiger partial charge in [0.05, 0.1) is 26.0 Å². The monoisotopic (exact) mass is 229 g/mol. The summed E-state index contributed by atoms with van der Waals surface area (Å²) < 4.78 is 27.9. The zero-order valence-corrected chi connectivity index (χ0v) is 9.32. The first-order valence-corrected chi connectivity index (χ1v) is 5.14. The molecular formula is C11H16FNO3. The summed E-state index contributed by atoms with van der Waals surface area (Å²) in [5.74, 6) is 0.0635. The van der Waals surface area contributed by atoms with Crippen molar-refractivity contribution in [3.63, 3.8) is 0 Å². The molecule has 0 radical (unpaired) electrons. The van der Waals surface area contributed by atoms with Crippen LogP contribution >= 0.6 is 0 Å². The quantitative estimate of drug-likeness (QED) is 0.502. The Hall–Kier alpha value is -1.20. The lowest BCUT2D eigenvalue weighted by atomic mass is 10.4. The topological polar surface area (TPSA) is 40.6 Å². The number of pyridine rings is 1. The van der Waals surface area contributed by atoms with Crippen LogP contribution in [0.15, 0.2) is 18.3 Å². The summed E-state index contributed by atoms with van der Waals surface area (Å²) in [5, 5.41) is 0. The first-order valence-electron chi connectivity index (χ1n) is 5.14. The zero-order valence-electron chi connectivity index (χ0n) is 9.32. The number of aromatic nitrogens is 1. The van der Waals surface area contributed by atoms with E-state index in [-0.39, 0.29) is 0 Å². The van der Waals surface area contributed by atoms with Gasteiger partial charge in [-0.2, -0.15) is 4.39 Å². The SMILES string of the molecule is COCCOCCCOc1ccc(F)nc1. The van der Waals surface area contributed by atoms with E-state index in [2.05, 4.69) is 4.98 Å². The largest absolute Gasteiger partial charge is 0.492 e. The van der Waals surface area contributed by atoms with Gasteiger partial charge in [-0.3, -0.25) is 0 Å². The predicted molar refractivity (Wildman–Crippen MR) is 57.0 cm³/mol. The normalized spacial score (nSPS) is 10.4. The van der Waals surface area contributed by atoms with Crippen LogP contribution in [0.2, 0.25) is 0 Å². The number of halogens is 1. The second-order valence-electron chi connectivity index (χ2n) is 3.12.